The molecule has 90 valence electrons. The average molecular weight is 239 g/mol. The third kappa shape index (κ3) is 3.06. The van der Waals surface area contributed by atoms with Crippen molar-refractivity contribution in [3.8, 4) is 6.07 Å². The summed E-state index contributed by atoms with van der Waals surface area (Å²) in [5.41, 5.74) is 3.25. The summed E-state index contributed by atoms with van der Waals surface area (Å²) in [5, 5.41) is 20.9. The summed E-state index contributed by atoms with van der Waals surface area (Å²) >= 11 is 0. The van der Waals surface area contributed by atoms with Crippen molar-refractivity contribution in [2.45, 2.75) is 13.2 Å². The van der Waals surface area contributed by atoms with Gasteiger partial charge in [-0.2, -0.15) is 5.26 Å². The van der Waals surface area contributed by atoms with Gasteiger partial charge in [-0.1, -0.05) is 24.3 Å². The van der Waals surface area contributed by atoms with Gasteiger partial charge in [-0.25, -0.2) is 4.98 Å². The molecule has 2 rings (SSSR count). The Kier molecular flexibility index (Phi) is 3.90. The van der Waals surface area contributed by atoms with Gasteiger partial charge in [-0.3, -0.25) is 0 Å². The minimum Gasteiger partial charge on any atom is -0.392 e. The fourth-order valence-corrected chi connectivity index (χ4v) is 1.61. The second kappa shape index (κ2) is 5.80. The Morgan fingerprint density at radius 2 is 2.06 bits per heavy atom. The summed E-state index contributed by atoms with van der Waals surface area (Å²) in [5.74, 6) is 0. The smallest absolute Gasteiger partial charge is 0.140 e. The van der Waals surface area contributed by atoms with Gasteiger partial charge in [0.1, 0.15) is 11.8 Å². The lowest BCUT2D eigenvalue weighted by molar-refractivity contribution is 0.281. The van der Waals surface area contributed by atoms with Crippen LogP contribution in [0.3, 0.4) is 0 Å². The summed E-state index contributed by atoms with van der Waals surface area (Å²) in [6, 6.07) is 13.2. The third-order valence-electron chi connectivity index (χ3n) is 2.55. The largest absolute Gasteiger partial charge is 0.392 e. The second-order valence-electron chi connectivity index (χ2n) is 3.88. The number of rotatable bonds is 4. The van der Waals surface area contributed by atoms with Crippen LogP contribution < -0.4 is 5.32 Å². The van der Waals surface area contributed by atoms with Crippen molar-refractivity contribution in [1.82, 2.24) is 4.98 Å². The number of aliphatic hydroxyl groups excluding tert-OH is 1. The standard InChI is InChI=1S/C14H13N3O/c15-7-13-4-5-14(9-17-13)16-8-11-2-1-3-12(6-11)10-18/h1-6,9,16,18H,8,10H2. The molecule has 1 aromatic carbocycles. The Morgan fingerprint density at radius 1 is 1.22 bits per heavy atom. The molecule has 0 radical (unpaired) electrons. The van der Waals surface area contributed by atoms with Crippen LogP contribution in [0.25, 0.3) is 0 Å². The normalized spacial score (nSPS) is 9.78. The van der Waals surface area contributed by atoms with Gasteiger partial charge >= 0.3 is 0 Å². The molecule has 18 heavy (non-hydrogen) atoms. The van der Waals surface area contributed by atoms with E-state index in [4.69, 9.17) is 10.4 Å². The van der Waals surface area contributed by atoms with Crippen LogP contribution in [0.1, 0.15) is 16.8 Å². The highest BCUT2D eigenvalue weighted by Crippen LogP contribution is 2.10. The molecule has 0 saturated carbocycles. The summed E-state index contributed by atoms with van der Waals surface area (Å²) < 4.78 is 0. The van der Waals surface area contributed by atoms with Gasteiger partial charge in [0.15, 0.2) is 0 Å². The van der Waals surface area contributed by atoms with Crippen LogP contribution in [0, 0.1) is 11.3 Å². The summed E-state index contributed by atoms with van der Waals surface area (Å²) in [6.07, 6.45) is 1.63. The Labute approximate surface area is 106 Å². The van der Waals surface area contributed by atoms with Gasteiger partial charge in [0, 0.05) is 6.54 Å². The summed E-state index contributed by atoms with van der Waals surface area (Å²) in [4.78, 5) is 3.98. The van der Waals surface area contributed by atoms with Crippen LogP contribution in [-0.2, 0) is 13.2 Å². The molecule has 0 atom stereocenters. The highest BCUT2D eigenvalue weighted by atomic mass is 16.3. The molecule has 1 heterocycles. The van der Waals surface area contributed by atoms with E-state index in [1.54, 1.807) is 12.3 Å². The van der Waals surface area contributed by atoms with Crippen LogP contribution in [0.2, 0.25) is 0 Å². The number of aliphatic hydroxyl groups is 1. The van der Waals surface area contributed by atoms with Crippen molar-refractivity contribution in [3.05, 3.63) is 59.4 Å². The van der Waals surface area contributed by atoms with Crippen molar-refractivity contribution in [2.24, 2.45) is 0 Å². The van der Waals surface area contributed by atoms with E-state index < -0.39 is 0 Å². The molecule has 2 aromatic rings. The lowest BCUT2D eigenvalue weighted by atomic mass is 10.1. The molecule has 0 fully saturated rings. The number of nitriles is 1. The molecular weight excluding hydrogens is 226 g/mol. The topological polar surface area (TPSA) is 68.9 Å². The van der Waals surface area contributed by atoms with Gasteiger partial charge in [0.2, 0.25) is 0 Å². The molecule has 4 heteroatoms. The van der Waals surface area contributed by atoms with Crippen LogP contribution >= 0.6 is 0 Å². The van der Waals surface area contributed by atoms with E-state index in [0.29, 0.717) is 12.2 Å². The number of nitrogens with one attached hydrogen (secondary N) is 1. The number of nitrogens with zero attached hydrogens (tertiary/aromatic N) is 2. The van der Waals surface area contributed by atoms with Crippen molar-refractivity contribution in [3.63, 3.8) is 0 Å². The van der Waals surface area contributed by atoms with Crippen molar-refractivity contribution >= 4 is 5.69 Å². The first kappa shape index (κ1) is 12.1. The maximum Gasteiger partial charge on any atom is 0.140 e. The van der Waals surface area contributed by atoms with Crippen LogP contribution in [0.4, 0.5) is 5.69 Å². The van der Waals surface area contributed by atoms with Crippen LogP contribution in [0.15, 0.2) is 42.6 Å². The molecular formula is C14H13N3O. The highest BCUT2D eigenvalue weighted by molar-refractivity contribution is 5.43. The number of pyridine rings is 1. The zero-order chi connectivity index (χ0) is 12.8. The molecule has 0 unspecified atom stereocenters. The van der Waals surface area contributed by atoms with E-state index in [9.17, 15) is 0 Å². The van der Waals surface area contributed by atoms with Crippen LogP contribution in [0.5, 0.6) is 0 Å². The Hall–Kier alpha value is -2.38. The molecule has 0 aliphatic rings. The van der Waals surface area contributed by atoms with Crippen molar-refractivity contribution in [2.75, 3.05) is 5.32 Å². The van der Waals surface area contributed by atoms with Gasteiger partial charge < -0.3 is 10.4 Å². The predicted octanol–water partition coefficient (Wildman–Crippen LogP) is 2.06. The van der Waals surface area contributed by atoms with Crippen molar-refractivity contribution in [1.29, 1.82) is 5.26 Å². The highest BCUT2D eigenvalue weighted by Gasteiger charge is 1.97. The molecule has 1 aromatic heterocycles. The van der Waals surface area contributed by atoms with E-state index in [1.165, 1.54) is 0 Å². The summed E-state index contributed by atoms with van der Waals surface area (Å²) in [7, 11) is 0. The summed E-state index contributed by atoms with van der Waals surface area (Å²) in [6.45, 7) is 0.702. The third-order valence-corrected chi connectivity index (χ3v) is 2.55. The Balaban J connectivity index is 2.00. The van der Waals surface area contributed by atoms with Gasteiger partial charge in [0.25, 0.3) is 0 Å². The quantitative estimate of drug-likeness (QED) is 0.856. The van der Waals surface area contributed by atoms with Gasteiger partial charge in [0.05, 0.1) is 18.5 Å². The van der Waals surface area contributed by atoms with Crippen molar-refractivity contribution < 1.29 is 5.11 Å². The molecule has 2 N–H and O–H groups in total. The minimum absolute atomic E-state index is 0.0479. The first-order valence-electron chi connectivity index (χ1n) is 5.60. The first-order chi connectivity index (χ1) is 8.81. The number of hydrogen-bond donors (Lipinski definition) is 2. The fraction of sp³-hybridized carbons (Fsp3) is 0.143. The fourth-order valence-electron chi connectivity index (χ4n) is 1.61. The lowest BCUT2D eigenvalue weighted by Gasteiger charge is -2.07. The molecule has 4 nitrogen and oxygen atoms in total. The lowest BCUT2D eigenvalue weighted by Crippen LogP contribution is -2.00. The van der Waals surface area contributed by atoms with E-state index in [1.807, 2.05) is 36.4 Å². The average Bonchev–Trinajstić information content (AvgIpc) is 2.46. The molecule has 0 aliphatic carbocycles. The Bertz CT molecular complexity index is 558. The molecule has 0 saturated heterocycles. The van der Waals surface area contributed by atoms with Crippen LogP contribution in [-0.4, -0.2) is 10.1 Å². The molecule has 0 spiro atoms. The first-order valence-corrected chi connectivity index (χ1v) is 5.60. The van der Waals surface area contributed by atoms with Gasteiger partial charge in [-0.05, 0) is 23.3 Å². The monoisotopic (exact) mass is 239 g/mol. The van der Waals surface area contributed by atoms with E-state index in [0.717, 1.165) is 16.8 Å². The Morgan fingerprint density at radius 3 is 2.72 bits per heavy atom. The maximum atomic E-state index is 9.04. The van der Waals surface area contributed by atoms with E-state index >= 15 is 0 Å². The molecule has 0 amide bonds. The number of aromatic nitrogens is 1. The van der Waals surface area contributed by atoms with E-state index in [-0.39, 0.29) is 6.61 Å². The predicted molar refractivity (Wildman–Crippen MR) is 68.6 cm³/mol. The SMILES string of the molecule is N#Cc1ccc(NCc2cccc(CO)c2)cn1. The van der Waals surface area contributed by atoms with Gasteiger partial charge in [-0.15, -0.1) is 0 Å². The zero-order valence-electron chi connectivity index (χ0n) is 9.80. The number of hydrogen-bond acceptors (Lipinski definition) is 4. The molecule has 0 bridgehead atoms. The zero-order valence-corrected chi connectivity index (χ0v) is 9.80. The van der Waals surface area contributed by atoms with E-state index in [2.05, 4.69) is 10.3 Å². The number of benzene rings is 1. The maximum absolute atomic E-state index is 9.04. The minimum atomic E-state index is 0.0479. The second-order valence-corrected chi connectivity index (χ2v) is 3.88. The number of anilines is 1. The molecule has 0 aliphatic heterocycles.